The van der Waals surface area contributed by atoms with Crippen LogP contribution in [0.15, 0.2) is 36.3 Å². The Labute approximate surface area is 104 Å². The van der Waals surface area contributed by atoms with Gasteiger partial charge in [0.25, 0.3) is 0 Å². The number of hydrogen-bond acceptors (Lipinski definition) is 2. The third-order valence-corrected chi connectivity index (χ3v) is 1.70. The standard InChI is InChI=1S/C13H11NO/c1-15-12-6-5-10-3-2-4-11(7-8-14)13(10)9-12/h2-6,9H,7H2,1H3/i1D3,2D,3D,4D,5D,6D,7D2,9D. The molecule has 0 aromatic heterocycles. The van der Waals surface area contributed by atoms with E-state index in [-0.39, 0.29) is 0 Å². The first-order valence-corrected chi connectivity index (χ1v) is 3.88. The Morgan fingerprint density at radius 2 is 2.47 bits per heavy atom. The number of rotatable bonds is 2. The highest BCUT2D eigenvalue weighted by Crippen LogP contribution is 2.24. The zero-order valence-electron chi connectivity index (χ0n) is 18.4. The highest BCUT2D eigenvalue weighted by atomic mass is 16.5. The van der Waals surface area contributed by atoms with E-state index >= 15 is 0 Å². The van der Waals surface area contributed by atoms with Gasteiger partial charge in [-0.1, -0.05) is 24.2 Å². The Balaban J connectivity index is 3.18. The number of hydrogen-bond donors (Lipinski definition) is 0. The van der Waals surface area contributed by atoms with Crippen LogP contribution in [-0.2, 0) is 6.37 Å². The van der Waals surface area contributed by atoms with Crippen LogP contribution in [0.4, 0.5) is 0 Å². The fourth-order valence-corrected chi connectivity index (χ4v) is 1.09. The highest BCUT2D eigenvalue weighted by molar-refractivity contribution is 5.87. The smallest absolute Gasteiger partial charge is 0.119 e. The molecule has 0 unspecified atom stereocenters. The van der Waals surface area contributed by atoms with Crippen LogP contribution < -0.4 is 4.74 Å². The van der Waals surface area contributed by atoms with Gasteiger partial charge in [-0.15, -0.1) is 0 Å². The SMILES string of the molecule is [2H]c1c([2H])c(C([2H])([2H])C#N)c2c([2H])c(OC([2H])([2H])[2H])c([2H])c([2H])c2c1[2H]. The van der Waals surface area contributed by atoms with Crippen molar-refractivity contribution >= 4 is 10.8 Å². The quantitative estimate of drug-likeness (QED) is 0.760. The molecule has 2 nitrogen and oxygen atoms in total. The molecule has 0 fully saturated rings. The van der Waals surface area contributed by atoms with E-state index < -0.39 is 71.8 Å². The van der Waals surface area contributed by atoms with Gasteiger partial charge in [0.1, 0.15) is 5.75 Å². The van der Waals surface area contributed by atoms with E-state index in [1.807, 2.05) is 0 Å². The summed E-state index contributed by atoms with van der Waals surface area (Å²) in [6.45, 7) is 0. The summed E-state index contributed by atoms with van der Waals surface area (Å²) in [6, 6.07) is -3.44. The van der Waals surface area contributed by atoms with Gasteiger partial charge in [-0.05, 0) is 28.4 Å². The molecule has 0 aliphatic carbocycles. The van der Waals surface area contributed by atoms with E-state index in [1.54, 1.807) is 0 Å². The molecule has 15 heavy (non-hydrogen) atoms. The second-order valence-electron chi connectivity index (χ2n) is 2.54. The van der Waals surface area contributed by atoms with Crippen LogP contribution in [0.25, 0.3) is 10.8 Å². The van der Waals surface area contributed by atoms with Gasteiger partial charge in [0.05, 0.1) is 31.8 Å². The lowest BCUT2D eigenvalue weighted by Gasteiger charge is -2.05. The Morgan fingerprint density at radius 3 is 3.27 bits per heavy atom. The first kappa shape index (κ1) is 2.99. The van der Waals surface area contributed by atoms with Gasteiger partial charge < -0.3 is 4.74 Å². The molecule has 0 heterocycles. The van der Waals surface area contributed by atoms with E-state index in [2.05, 4.69) is 4.74 Å². The van der Waals surface area contributed by atoms with Gasteiger partial charge in [0.2, 0.25) is 0 Å². The van der Waals surface area contributed by atoms with Crippen LogP contribution in [0.2, 0.25) is 0 Å². The lowest BCUT2D eigenvalue weighted by atomic mass is 10.0. The summed E-state index contributed by atoms with van der Waals surface area (Å²) in [5, 5.41) is 8.02. The summed E-state index contributed by atoms with van der Waals surface area (Å²) in [6.07, 6.45) is -2.86. The van der Waals surface area contributed by atoms with Crippen molar-refractivity contribution in [2.45, 2.75) is 6.37 Å². The number of nitriles is 1. The molecule has 0 bridgehead atoms. The Bertz CT molecular complexity index is 958. The lowest BCUT2D eigenvalue weighted by Crippen LogP contribution is -1.87. The molecule has 2 aromatic rings. The fraction of sp³-hybridized carbons (Fsp3) is 0.154. The minimum atomic E-state index is -3.07. The Morgan fingerprint density at radius 1 is 1.53 bits per heavy atom. The molecule has 0 amide bonds. The van der Waals surface area contributed by atoms with E-state index in [9.17, 15) is 0 Å². The first-order valence-electron chi connectivity index (χ1n) is 9.38. The van der Waals surface area contributed by atoms with Crippen molar-refractivity contribution in [3.8, 4) is 11.8 Å². The summed E-state index contributed by atoms with van der Waals surface area (Å²) < 4.78 is 89.1. The van der Waals surface area contributed by atoms with Gasteiger partial charge in [-0.2, -0.15) is 5.26 Å². The topological polar surface area (TPSA) is 33.0 Å². The molecule has 0 radical (unpaired) electrons. The van der Waals surface area contributed by atoms with Gasteiger partial charge >= 0.3 is 0 Å². The average molecular weight is 208 g/mol. The monoisotopic (exact) mass is 208 g/mol. The van der Waals surface area contributed by atoms with Gasteiger partial charge in [-0.3, -0.25) is 0 Å². The lowest BCUT2D eigenvalue weighted by molar-refractivity contribution is 0.415. The predicted octanol–water partition coefficient (Wildman–Crippen LogP) is 2.91. The summed E-state index contributed by atoms with van der Waals surface area (Å²) in [7, 11) is -3.07. The van der Waals surface area contributed by atoms with E-state index in [0.717, 1.165) is 0 Å². The van der Waals surface area contributed by atoms with E-state index in [1.165, 1.54) is 6.07 Å². The van der Waals surface area contributed by atoms with E-state index in [4.69, 9.17) is 20.3 Å². The molecule has 0 spiro atoms. The molecule has 2 aromatic carbocycles. The molecule has 0 atom stereocenters. The van der Waals surface area contributed by atoms with Crippen molar-refractivity contribution in [1.29, 1.82) is 5.26 Å². The number of ether oxygens (including phenoxy) is 1. The van der Waals surface area contributed by atoms with Crippen molar-refractivity contribution < 1.29 is 19.8 Å². The number of methoxy groups -OCH3 is 1. The molecule has 2 rings (SSSR count). The normalized spacial score (nSPS) is 22.2. The van der Waals surface area contributed by atoms with Crippen molar-refractivity contribution in [1.82, 2.24) is 0 Å². The van der Waals surface area contributed by atoms with Crippen molar-refractivity contribution in [2.75, 3.05) is 7.04 Å². The minimum Gasteiger partial charge on any atom is -0.497 e. The van der Waals surface area contributed by atoms with Crippen LogP contribution >= 0.6 is 0 Å². The molecular weight excluding hydrogens is 186 g/mol. The van der Waals surface area contributed by atoms with Crippen LogP contribution in [0, 0.1) is 11.3 Å². The van der Waals surface area contributed by atoms with Crippen LogP contribution in [0.5, 0.6) is 5.75 Å². The molecule has 0 aliphatic heterocycles. The largest absolute Gasteiger partial charge is 0.497 e. The fourth-order valence-electron chi connectivity index (χ4n) is 1.09. The molecule has 0 N–H and O–H groups in total. The third kappa shape index (κ3) is 1.77. The van der Waals surface area contributed by atoms with Gasteiger partial charge in [0, 0.05) is 2.74 Å². The van der Waals surface area contributed by atoms with Gasteiger partial charge in [-0.25, -0.2) is 0 Å². The molecule has 0 aliphatic rings. The molecule has 0 saturated carbocycles. The van der Waals surface area contributed by atoms with Crippen molar-refractivity contribution in [3.05, 3.63) is 41.8 Å². The summed E-state index contributed by atoms with van der Waals surface area (Å²) in [5.41, 5.74) is -0.745. The average Bonchev–Trinajstić information content (AvgIpc) is 2.53. The summed E-state index contributed by atoms with van der Waals surface area (Å²) in [5.74, 6) is -0.853. The summed E-state index contributed by atoms with van der Waals surface area (Å²) >= 11 is 0. The van der Waals surface area contributed by atoms with Crippen molar-refractivity contribution in [2.24, 2.45) is 0 Å². The molecular formula is C13H11NO. The zero-order chi connectivity index (χ0) is 20.2. The predicted molar refractivity (Wildman–Crippen MR) is 59.8 cm³/mol. The third-order valence-electron chi connectivity index (χ3n) is 1.70. The van der Waals surface area contributed by atoms with Crippen LogP contribution in [0.1, 0.15) is 20.6 Å². The Kier molecular flexibility index (Phi) is 0.801. The molecule has 0 saturated heterocycles. The van der Waals surface area contributed by atoms with E-state index in [0.29, 0.717) is 0 Å². The first-order chi connectivity index (χ1) is 11.7. The minimum absolute atomic E-state index is 0.493. The molecule has 2 heteroatoms. The maximum absolute atomic E-state index is 9.08. The molecule has 74 valence electrons. The second kappa shape index (κ2) is 4.02. The Hall–Kier alpha value is -2.01. The van der Waals surface area contributed by atoms with Crippen LogP contribution in [0.3, 0.4) is 0 Å². The number of fused-ring (bicyclic) bond motifs is 1. The highest BCUT2D eigenvalue weighted by Gasteiger charge is 2.01. The van der Waals surface area contributed by atoms with Crippen LogP contribution in [-0.4, -0.2) is 7.04 Å². The van der Waals surface area contributed by atoms with Gasteiger partial charge in [0.15, 0.2) is 0 Å². The van der Waals surface area contributed by atoms with Crippen molar-refractivity contribution in [3.63, 3.8) is 0 Å². The number of nitrogens with zero attached hydrogens (tertiary/aromatic N) is 1. The maximum atomic E-state index is 9.08. The number of benzene rings is 2. The zero-order valence-corrected chi connectivity index (χ0v) is 7.36. The summed E-state index contributed by atoms with van der Waals surface area (Å²) in [4.78, 5) is 0. The second-order valence-corrected chi connectivity index (χ2v) is 2.54. The maximum Gasteiger partial charge on any atom is 0.119 e.